The Bertz CT molecular complexity index is 790. The van der Waals surface area contributed by atoms with Gasteiger partial charge in [-0.25, -0.2) is 4.79 Å². The third-order valence-electron chi connectivity index (χ3n) is 4.83. The Morgan fingerprint density at radius 3 is 2.50 bits per heavy atom. The van der Waals surface area contributed by atoms with Crippen LogP contribution in [-0.4, -0.2) is 30.1 Å². The average molecular weight is 416 g/mol. The van der Waals surface area contributed by atoms with Gasteiger partial charge in [0.05, 0.1) is 0 Å². The molecule has 0 atom stereocenters. The number of carbonyl (C=O) groups excluding carboxylic acids is 3. The van der Waals surface area contributed by atoms with Crippen molar-refractivity contribution in [1.29, 1.82) is 0 Å². The zero-order valence-corrected chi connectivity index (χ0v) is 18.3. The topological polar surface area (TPSA) is 96.5 Å². The first-order valence-electron chi connectivity index (χ1n) is 10.4. The van der Waals surface area contributed by atoms with Crippen molar-refractivity contribution in [3.05, 3.63) is 41.5 Å². The molecule has 7 nitrogen and oxygen atoms in total. The van der Waals surface area contributed by atoms with Crippen LogP contribution < -0.4 is 16.0 Å². The van der Waals surface area contributed by atoms with Gasteiger partial charge in [-0.15, -0.1) is 0 Å². The van der Waals surface area contributed by atoms with Crippen LogP contribution >= 0.6 is 0 Å². The monoisotopic (exact) mass is 415 g/mol. The summed E-state index contributed by atoms with van der Waals surface area (Å²) in [7, 11) is 0. The van der Waals surface area contributed by atoms with Crippen LogP contribution in [-0.2, 0) is 20.9 Å². The van der Waals surface area contributed by atoms with Crippen molar-refractivity contribution in [3.8, 4) is 0 Å². The Kier molecular flexibility index (Phi) is 8.45. The van der Waals surface area contributed by atoms with E-state index in [-0.39, 0.29) is 24.9 Å². The van der Waals surface area contributed by atoms with Crippen molar-refractivity contribution < 1.29 is 19.1 Å². The summed E-state index contributed by atoms with van der Waals surface area (Å²) in [6.07, 6.45) is 5.84. The van der Waals surface area contributed by atoms with Crippen LogP contribution in [0.15, 0.2) is 35.9 Å². The molecule has 0 aromatic heterocycles. The first-order valence-corrected chi connectivity index (χ1v) is 10.4. The van der Waals surface area contributed by atoms with Crippen molar-refractivity contribution >= 4 is 23.6 Å². The highest BCUT2D eigenvalue weighted by Gasteiger charge is 2.18. The highest BCUT2D eigenvalue weighted by atomic mass is 16.6. The van der Waals surface area contributed by atoms with Crippen LogP contribution in [0, 0.1) is 5.92 Å². The lowest BCUT2D eigenvalue weighted by Gasteiger charge is -2.19. The SMILES string of the molecule is C/C(=C\C(=O)Nc1cccc(CNC(=O)CNC(=O)OC(C)(C)C)c1)C1CCCC1. The molecule has 164 valence electrons. The van der Waals surface area contributed by atoms with Crippen molar-refractivity contribution in [3.63, 3.8) is 0 Å². The maximum Gasteiger partial charge on any atom is 0.408 e. The highest BCUT2D eigenvalue weighted by Crippen LogP contribution is 2.30. The average Bonchev–Trinajstić information content (AvgIpc) is 3.18. The molecular formula is C23H33N3O4. The summed E-state index contributed by atoms with van der Waals surface area (Å²) in [5.41, 5.74) is 2.03. The Morgan fingerprint density at radius 2 is 1.83 bits per heavy atom. The van der Waals surface area contributed by atoms with Gasteiger partial charge in [0.25, 0.3) is 0 Å². The van der Waals surface area contributed by atoms with Gasteiger partial charge in [0.2, 0.25) is 11.8 Å². The summed E-state index contributed by atoms with van der Waals surface area (Å²) in [6, 6.07) is 7.31. The molecule has 1 saturated carbocycles. The molecule has 1 fully saturated rings. The first kappa shape index (κ1) is 23.4. The number of hydrogen-bond acceptors (Lipinski definition) is 4. The molecule has 0 saturated heterocycles. The fourth-order valence-corrected chi connectivity index (χ4v) is 3.37. The van der Waals surface area contributed by atoms with Gasteiger partial charge in [-0.1, -0.05) is 30.5 Å². The van der Waals surface area contributed by atoms with E-state index in [2.05, 4.69) is 16.0 Å². The quantitative estimate of drug-likeness (QED) is 0.589. The van der Waals surface area contributed by atoms with Crippen LogP contribution in [0.5, 0.6) is 0 Å². The smallest absolute Gasteiger partial charge is 0.408 e. The van der Waals surface area contributed by atoms with Crippen LogP contribution in [0.4, 0.5) is 10.5 Å². The van der Waals surface area contributed by atoms with E-state index in [4.69, 9.17) is 4.74 Å². The minimum atomic E-state index is -0.636. The van der Waals surface area contributed by atoms with Crippen molar-refractivity contribution in [2.45, 2.75) is 65.5 Å². The van der Waals surface area contributed by atoms with E-state index in [9.17, 15) is 14.4 Å². The number of hydrogen-bond donors (Lipinski definition) is 3. The lowest BCUT2D eigenvalue weighted by molar-refractivity contribution is -0.120. The number of rotatable bonds is 7. The lowest BCUT2D eigenvalue weighted by Crippen LogP contribution is -2.39. The Labute approximate surface area is 178 Å². The number of amides is 3. The van der Waals surface area contributed by atoms with Crippen LogP contribution in [0.2, 0.25) is 0 Å². The fraction of sp³-hybridized carbons (Fsp3) is 0.522. The van der Waals surface area contributed by atoms with Gasteiger partial charge in [0.1, 0.15) is 12.1 Å². The summed E-state index contributed by atoms with van der Waals surface area (Å²) in [5.74, 6) is 0.0548. The second-order valence-electron chi connectivity index (χ2n) is 8.69. The molecule has 1 aromatic carbocycles. The van der Waals surface area contributed by atoms with Crippen molar-refractivity contribution in [2.75, 3.05) is 11.9 Å². The minimum absolute atomic E-state index is 0.137. The van der Waals surface area contributed by atoms with Gasteiger partial charge >= 0.3 is 6.09 Å². The summed E-state index contributed by atoms with van der Waals surface area (Å²) >= 11 is 0. The number of alkyl carbamates (subject to hydrolysis) is 1. The standard InChI is InChI=1S/C23H33N3O4/c1-16(18-9-5-6-10-18)12-20(27)26-19-11-7-8-17(13-19)14-24-21(28)15-25-22(29)30-23(2,3)4/h7-8,11-13,18H,5-6,9-10,14-15H2,1-4H3,(H,24,28)(H,25,29)(H,26,27)/b16-12+. The van der Waals surface area contributed by atoms with Gasteiger partial charge in [0.15, 0.2) is 0 Å². The lowest BCUT2D eigenvalue weighted by atomic mass is 9.99. The molecule has 1 aromatic rings. The van der Waals surface area contributed by atoms with E-state index >= 15 is 0 Å². The molecule has 0 unspecified atom stereocenters. The molecule has 1 aliphatic rings. The molecule has 30 heavy (non-hydrogen) atoms. The van der Waals surface area contributed by atoms with Gasteiger partial charge in [0, 0.05) is 18.3 Å². The zero-order chi connectivity index (χ0) is 22.1. The molecule has 7 heteroatoms. The Hall–Kier alpha value is -2.83. The fourth-order valence-electron chi connectivity index (χ4n) is 3.37. The molecule has 2 rings (SSSR count). The molecule has 3 amide bonds. The van der Waals surface area contributed by atoms with Crippen molar-refractivity contribution in [1.82, 2.24) is 10.6 Å². The molecule has 0 radical (unpaired) electrons. The summed E-state index contributed by atoms with van der Waals surface area (Å²) in [4.78, 5) is 35.8. The first-order chi connectivity index (χ1) is 14.1. The molecular weight excluding hydrogens is 382 g/mol. The van der Waals surface area contributed by atoms with Gasteiger partial charge in [-0.3, -0.25) is 9.59 Å². The van der Waals surface area contributed by atoms with Crippen LogP contribution in [0.3, 0.4) is 0 Å². The summed E-state index contributed by atoms with van der Waals surface area (Å²) in [5, 5.41) is 8.03. The normalized spacial score (nSPS) is 14.9. The summed E-state index contributed by atoms with van der Waals surface area (Å²) in [6.45, 7) is 7.40. The molecule has 1 aliphatic carbocycles. The van der Waals surface area contributed by atoms with E-state index in [1.807, 2.05) is 31.2 Å². The second kappa shape index (κ2) is 10.8. The molecule has 3 N–H and O–H groups in total. The maximum atomic E-state index is 12.3. The number of allylic oxidation sites excluding steroid dienone is 1. The number of nitrogens with one attached hydrogen (secondary N) is 3. The number of anilines is 1. The molecule has 0 bridgehead atoms. The van der Waals surface area contributed by atoms with E-state index in [0.29, 0.717) is 11.6 Å². The second-order valence-corrected chi connectivity index (χ2v) is 8.69. The summed E-state index contributed by atoms with van der Waals surface area (Å²) < 4.78 is 5.09. The molecule has 0 aliphatic heterocycles. The number of carbonyl (C=O) groups is 3. The third-order valence-corrected chi connectivity index (χ3v) is 4.83. The highest BCUT2D eigenvalue weighted by molar-refractivity contribution is 5.99. The van der Waals surface area contributed by atoms with Gasteiger partial charge in [-0.2, -0.15) is 0 Å². The number of benzene rings is 1. The van der Waals surface area contributed by atoms with Crippen molar-refractivity contribution in [2.24, 2.45) is 5.92 Å². The van der Waals surface area contributed by atoms with Crippen LogP contribution in [0.25, 0.3) is 0 Å². The number of ether oxygens (including phenoxy) is 1. The molecule has 0 spiro atoms. The predicted molar refractivity (Wildman–Crippen MR) is 117 cm³/mol. The largest absolute Gasteiger partial charge is 0.444 e. The van der Waals surface area contributed by atoms with E-state index in [1.54, 1.807) is 26.8 Å². The van der Waals surface area contributed by atoms with Crippen LogP contribution in [0.1, 0.15) is 58.9 Å². The van der Waals surface area contributed by atoms with Gasteiger partial charge in [-0.05, 0) is 64.2 Å². The van der Waals surface area contributed by atoms with E-state index in [0.717, 1.165) is 24.0 Å². The zero-order valence-electron chi connectivity index (χ0n) is 18.3. The third kappa shape index (κ3) is 8.68. The van der Waals surface area contributed by atoms with E-state index < -0.39 is 11.7 Å². The van der Waals surface area contributed by atoms with E-state index in [1.165, 1.54) is 12.8 Å². The minimum Gasteiger partial charge on any atom is -0.444 e. The Morgan fingerprint density at radius 1 is 1.13 bits per heavy atom. The molecule has 0 heterocycles. The maximum absolute atomic E-state index is 12.3. The van der Waals surface area contributed by atoms with Gasteiger partial charge < -0.3 is 20.7 Å². The Balaban J connectivity index is 1.79. The predicted octanol–water partition coefficient (Wildman–Crippen LogP) is 3.90.